The van der Waals surface area contributed by atoms with Crippen LogP contribution in [0, 0.1) is 0 Å². The number of benzene rings is 1. The molecule has 1 aromatic rings. The summed E-state index contributed by atoms with van der Waals surface area (Å²) in [7, 11) is 3.68. The quantitative estimate of drug-likeness (QED) is 0.625. The Balaban J connectivity index is 2.68. The van der Waals surface area contributed by atoms with Crippen molar-refractivity contribution < 1.29 is 4.79 Å². The number of nitrogens with zero attached hydrogens (tertiary/aromatic N) is 1. The van der Waals surface area contributed by atoms with Gasteiger partial charge >= 0.3 is 0 Å². The van der Waals surface area contributed by atoms with Crippen molar-refractivity contribution >= 4 is 57.3 Å². The van der Waals surface area contributed by atoms with Crippen molar-refractivity contribution in [2.45, 2.75) is 0 Å². The molecule has 1 rings (SSSR count). The topological polar surface area (TPSA) is 20.3 Å². The zero-order valence-electron chi connectivity index (χ0n) is 9.37. The number of halogens is 2. The second-order valence-electron chi connectivity index (χ2n) is 3.50. The monoisotopic (exact) mass is 307 g/mol. The van der Waals surface area contributed by atoms with Gasteiger partial charge in [0.05, 0.1) is 10.8 Å². The Morgan fingerprint density at radius 1 is 1.41 bits per heavy atom. The van der Waals surface area contributed by atoms with Gasteiger partial charge in [0.1, 0.15) is 4.32 Å². The number of hydrogen-bond acceptors (Lipinski definition) is 3. The second kappa shape index (κ2) is 6.59. The van der Waals surface area contributed by atoms with Crippen LogP contribution in [0.1, 0.15) is 10.4 Å². The molecule has 0 saturated heterocycles. The van der Waals surface area contributed by atoms with Crippen LogP contribution in [0.15, 0.2) is 18.2 Å². The molecule has 92 valence electrons. The molecule has 0 amide bonds. The van der Waals surface area contributed by atoms with E-state index in [4.69, 9.17) is 35.4 Å². The lowest BCUT2D eigenvalue weighted by Gasteiger charge is -2.12. The highest BCUT2D eigenvalue weighted by molar-refractivity contribution is 8.23. The molecule has 0 atom stereocenters. The van der Waals surface area contributed by atoms with Gasteiger partial charge in [-0.2, -0.15) is 0 Å². The Kier molecular flexibility index (Phi) is 5.73. The average Bonchev–Trinajstić information content (AvgIpc) is 2.25. The third kappa shape index (κ3) is 4.47. The minimum Gasteiger partial charge on any atom is -0.364 e. The number of rotatable bonds is 3. The van der Waals surface area contributed by atoms with Crippen LogP contribution >= 0.6 is 47.2 Å². The average molecular weight is 308 g/mol. The summed E-state index contributed by atoms with van der Waals surface area (Å²) < 4.78 is 0.670. The predicted octanol–water partition coefficient (Wildman–Crippen LogP) is 3.76. The Bertz CT molecular complexity index is 449. The summed E-state index contributed by atoms with van der Waals surface area (Å²) in [6.45, 7) is 0. The summed E-state index contributed by atoms with van der Waals surface area (Å²) in [5, 5.41) is 0.891. The van der Waals surface area contributed by atoms with E-state index in [2.05, 4.69) is 0 Å². The molecule has 0 spiro atoms. The van der Waals surface area contributed by atoms with Gasteiger partial charge in [0.25, 0.3) is 0 Å². The van der Waals surface area contributed by atoms with Gasteiger partial charge in [-0.05, 0) is 18.2 Å². The molecule has 2 nitrogen and oxygen atoms in total. The van der Waals surface area contributed by atoms with Crippen LogP contribution < -0.4 is 0 Å². The van der Waals surface area contributed by atoms with Crippen molar-refractivity contribution in [3.05, 3.63) is 33.8 Å². The lowest BCUT2D eigenvalue weighted by atomic mass is 10.1. The van der Waals surface area contributed by atoms with Crippen LogP contribution in [0.25, 0.3) is 0 Å². The molecule has 1 aromatic carbocycles. The van der Waals surface area contributed by atoms with E-state index < -0.39 is 0 Å². The Labute approximate surface area is 120 Å². The van der Waals surface area contributed by atoms with Crippen molar-refractivity contribution in [1.29, 1.82) is 0 Å². The predicted molar refractivity (Wildman–Crippen MR) is 79.5 cm³/mol. The lowest BCUT2D eigenvalue weighted by molar-refractivity contribution is 0.102. The molecule has 0 aromatic heterocycles. The summed E-state index contributed by atoms with van der Waals surface area (Å²) in [5.74, 6) is 0.221. The summed E-state index contributed by atoms with van der Waals surface area (Å²) >= 11 is 18.1. The fraction of sp³-hybridized carbons (Fsp3) is 0.273. The zero-order chi connectivity index (χ0) is 13.0. The van der Waals surface area contributed by atoms with E-state index in [-0.39, 0.29) is 11.5 Å². The zero-order valence-corrected chi connectivity index (χ0v) is 12.5. The van der Waals surface area contributed by atoms with Crippen LogP contribution in [0.3, 0.4) is 0 Å². The first-order valence-corrected chi connectivity index (χ1v) is 6.89. The Morgan fingerprint density at radius 3 is 2.59 bits per heavy atom. The third-order valence-electron chi connectivity index (χ3n) is 1.92. The van der Waals surface area contributed by atoms with Gasteiger partial charge in [0.15, 0.2) is 5.78 Å². The number of thiocarbonyl (C=S) groups is 1. The van der Waals surface area contributed by atoms with Gasteiger partial charge < -0.3 is 4.90 Å². The van der Waals surface area contributed by atoms with Crippen LogP contribution in [-0.4, -0.2) is 34.9 Å². The number of Topliss-reactive ketones (excluding diaryl/α,β-unsaturated/α-hetero) is 1. The van der Waals surface area contributed by atoms with Crippen molar-refractivity contribution in [1.82, 2.24) is 4.90 Å². The van der Waals surface area contributed by atoms with Crippen molar-refractivity contribution in [2.75, 3.05) is 19.8 Å². The van der Waals surface area contributed by atoms with Crippen molar-refractivity contribution in [3.8, 4) is 0 Å². The molecule has 0 aliphatic rings. The molecule has 0 saturated carbocycles. The Hall–Kier alpha value is -0.290. The van der Waals surface area contributed by atoms with Crippen LogP contribution in [0.2, 0.25) is 10.0 Å². The van der Waals surface area contributed by atoms with Crippen LogP contribution in [0.5, 0.6) is 0 Å². The summed E-state index contributed by atoms with van der Waals surface area (Å²) in [5.41, 5.74) is 0.477. The van der Waals surface area contributed by atoms with E-state index in [0.29, 0.717) is 19.9 Å². The fourth-order valence-electron chi connectivity index (χ4n) is 1.05. The van der Waals surface area contributed by atoms with Crippen molar-refractivity contribution in [2.24, 2.45) is 0 Å². The largest absolute Gasteiger partial charge is 0.364 e. The van der Waals surface area contributed by atoms with Crippen LogP contribution in [0.4, 0.5) is 0 Å². The molecule has 0 radical (unpaired) electrons. The maximum absolute atomic E-state index is 11.9. The number of ketones is 1. The highest BCUT2D eigenvalue weighted by atomic mass is 35.5. The van der Waals surface area contributed by atoms with Gasteiger partial charge in [-0.1, -0.05) is 47.2 Å². The molecule has 6 heteroatoms. The van der Waals surface area contributed by atoms with Gasteiger partial charge in [0, 0.05) is 24.7 Å². The van der Waals surface area contributed by atoms with Crippen molar-refractivity contribution in [3.63, 3.8) is 0 Å². The maximum Gasteiger partial charge on any atom is 0.174 e. The standard InChI is InChI=1S/C11H11Cl2NOS2/c1-14(2)11(16)17-6-10(15)8-4-3-7(12)5-9(8)13/h3-5H,6H2,1-2H3. The second-order valence-corrected chi connectivity index (χ2v) is 5.95. The van der Waals surface area contributed by atoms with Gasteiger partial charge in [0.2, 0.25) is 0 Å². The molecule has 0 fully saturated rings. The number of thioether (sulfide) groups is 1. The van der Waals surface area contributed by atoms with Crippen LogP contribution in [-0.2, 0) is 0 Å². The minimum atomic E-state index is -0.0548. The van der Waals surface area contributed by atoms with Gasteiger partial charge in [-0.3, -0.25) is 4.79 Å². The summed E-state index contributed by atoms with van der Waals surface area (Å²) in [6, 6.07) is 4.84. The highest BCUT2D eigenvalue weighted by Crippen LogP contribution is 2.22. The molecule has 17 heavy (non-hydrogen) atoms. The smallest absolute Gasteiger partial charge is 0.174 e. The highest BCUT2D eigenvalue weighted by Gasteiger charge is 2.12. The molecule has 0 aliphatic carbocycles. The first kappa shape index (κ1) is 14.8. The summed E-state index contributed by atoms with van der Waals surface area (Å²) in [4.78, 5) is 13.7. The molecule has 0 unspecified atom stereocenters. The molecule has 0 bridgehead atoms. The third-order valence-corrected chi connectivity index (χ3v) is 4.21. The molecular weight excluding hydrogens is 297 g/mol. The summed E-state index contributed by atoms with van der Waals surface area (Å²) in [6.07, 6.45) is 0. The number of hydrogen-bond donors (Lipinski definition) is 0. The van der Waals surface area contributed by atoms with E-state index in [9.17, 15) is 4.79 Å². The SMILES string of the molecule is CN(C)C(=S)SCC(=O)c1ccc(Cl)cc1Cl. The van der Waals surface area contributed by atoms with E-state index in [1.807, 2.05) is 14.1 Å². The van der Waals surface area contributed by atoms with E-state index >= 15 is 0 Å². The fourth-order valence-corrected chi connectivity index (χ4v) is 2.41. The minimum absolute atomic E-state index is 0.0548. The maximum atomic E-state index is 11.9. The first-order valence-electron chi connectivity index (χ1n) is 4.74. The number of carbonyl (C=O) groups is 1. The normalized spacial score (nSPS) is 10.1. The number of carbonyl (C=O) groups excluding carboxylic acids is 1. The first-order chi connectivity index (χ1) is 7.91. The van der Waals surface area contributed by atoms with Gasteiger partial charge in [-0.15, -0.1) is 0 Å². The lowest BCUT2D eigenvalue weighted by Crippen LogP contribution is -2.18. The molecule has 0 aliphatic heterocycles. The molecule has 0 N–H and O–H groups in total. The van der Waals surface area contributed by atoms with E-state index in [1.165, 1.54) is 11.8 Å². The molecule has 0 heterocycles. The van der Waals surface area contributed by atoms with E-state index in [1.54, 1.807) is 23.1 Å². The van der Waals surface area contributed by atoms with E-state index in [0.717, 1.165) is 0 Å². The Morgan fingerprint density at radius 2 is 2.06 bits per heavy atom. The molecular formula is C11H11Cl2NOS2. The van der Waals surface area contributed by atoms with Gasteiger partial charge in [-0.25, -0.2) is 0 Å².